The Balaban J connectivity index is 1.93. The summed E-state index contributed by atoms with van der Waals surface area (Å²) in [5, 5.41) is 4.64. The molecule has 0 saturated carbocycles. The maximum atomic E-state index is 12.6. The summed E-state index contributed by atoms with van der Waals surface area (Å²) in [5.41, 5.74) is 1.76. The molecular weight excluding hydrogens is 258 g/mol. The van der Waals surface area contributed by atoms with E-state index < -0.39 is 0 Å². The number of carbonyl (C=O) groups excluding carboxylic acids is 1. The molecule has 0 aromatic carbocycles. The van der Waals surface area contributed by atoms with Crippen molar-refractivity contribution in [2.75, 3.05) is 13.2 Å². The second-order valence-corrected chi connectivity index (χ2v) is 5.30. The SMILES string of the molecule is Cc1noc2ncc(C(=O)N3C[C@@H](C)OC[C@@H]3C)cc12. The molecule has 20 heavy (non-hydrogen) atoms. The van der Waals surface area contributed by atoms with Gasteiger partial charge in [0.1, 0.15) is 0 Å². The van der Waals surface area contributed by atoms with Crippen LogP contribution in [-0.4, -0.2) is 46.2 Å². The first-order valence-electron chi connectivity index (χ1n) is 6.71. The largest absolute Gasteiger partial charge is 0.375 e. The molecule has 0 spiro atoms. The lowest BCUT2D eigenvalue weighted by Gasteiger charge is -2.36. The molecular formula is C14H17N3O3. The fourth-order valence-corrected chi connectivity index (χ4v) is 2.41. The van der Waals surface area contributed by atoms with E-state index in [1.807, 2.05) is 25.7 Å². The molecule has 3 rings (SSSR count). The van der Waals surface area contributed by atoms with Gasteiger partial charge in [0.25, 0.3) is 11.6 Å². The molecule has 0 unspecified atom stereocenters. The molecule has 1 aliphatic rings. The van der Waals surface area contributed by atoms with Gasteiger partial charge in [-0.15, -0.1) is 0 Å². The fraction of sp³-hybridized carbons (Fsp3) is 0.500. The molecule has 0 radical (unpaired) electrons. The van der Waals surface area contributed by atoms with E-state index in [0.717, 1.165) is 11.1 Å². The second kappa shape index (κ2) is 4.86. The van der Waals surface area contributed by atoms with E-state index in [2.05, 4.69) is 10.1 Å². The molecule has 106 valence electrons. The van der Waals surface area contributed by atoms with Crippen molar-refractivity contribution in [2.24, 2.45) is 0 Å². The van der Waals surface area contributed by atoms with Crippen LogP contribution in [0.25, 0.3) is 11.1 Å². The number of aromatic nitrogens is 2. The molecule has 0 N–H and O–H groups in total. The minimum absolute atomic E-state index is 0.0253. The molecule has 3 heterocycles. The molecule has 1 aliphatic heterocycles. The first-order chi connectivity index (χ1) is 9.56. The highest BCUT2D eigenvalue weighted by atomic mass is 16.5. The molecule has 1 fully saturated rings. The summed E-state index contributed by atoms with van der Waals surface area (Å²) in [6.07, 6.45) is 1.60. The van der Waals surface area contributed by atoms with Crippen LogP contribution in [0.4, 0.5) is 0 Å². The van der Waals surface area contributed by atoms with Gasteiger partial charge >= 0.3 is 0 Å². The lowest BCUT2D eigenvalue weighted by molar-refractivity contribution is -0.0387. The average Bonchev–Trinajstić information content (AvgIpc) is 2.82. The van der Waals surface area contributed by atoms with Crippen molar-refractivity contribution in [3.63, 3.8) is 0 Å². The highest BCUT2D eigenvalue weighted by molar-refractivity contribution is 5.97. The van der Waals surface area contributed by atoms with Gasteiger partial charge in [-0.3, -0.25) is 4.79 Å². The lowest BCUT2D eigenvalue weighted by atomic mass is 10.1. The van der Waals surface area contributed by atoms with E-state index in [1.165, 1.54) is 0 Å². The Morgan fingerprint density at radius 1 is 1.45 bits per heavy atom. The molecule has 1 saturated heterocycles. The highest BCUT2D eigenvalue weighted by Gasteiger charge is 2.28. The van der Waals surface area contributed by atoms with Crippen LogP contribution in [0.15, 0.2) is 16.8 Å². The molecule has 2 atom stereocenters. The van der Waals surface area contributed by atoms with E-state index in [9.17, 15) is 4.79 Å². The van der Waals surface area contributed by atoms with Gasteiger partial charge in [0, 0.05) is 12.7 Å². The predicted octanol–water partition coefficient (Wildman–Crippen LogP) is 1.78. The fourth-order valence-electron chi connectivity index (χ4n) is 2.41. The number of carbonyl (C=O) groups is 1. The molecule has 6 heteroatoms. The zero-order chi connectivity index (χ0) is 14.3. The summed E-state index contributed by atoms with van der Waals surface area (Å²) >= 11 is 0. The third-order valence-electron chi connectivity index (χ3n) is 3.63. The number of hydrogen-bond acceptors (Lipinski definition) is 5. The molecule has 0 aliphatic carbocycles. The smallest absolute Gasteiger partial charge is 0.257 e. The second-order valence-electron chi connectivity index (χ2n) is 5.30. The Morgan fingerprint density at radius 3 is 3.05 bits per heavy atom. The molecule has 2 aromatic heterocycles. The van der Waals surface area contributed by atoms with Crippen molar-refractivity contribution in [3.05, 3.63) is 23.5 Å². The van der Waals surface area contributed by atoms with Crippen molar-refractivity contribution in [2.45, 2.75) is 32.9 Å². The van der Waals surface area contributed by atoms with Crippen molar-refractivity contribution in [1.82, 2.24) is 15.0 Å². The molecule has 1 amide bonds. The first kappa shape index (κ1) is 13.1. The molecule has 2 aromatic rings. The van der Waals surface area contributed by atoms with Crippen LogP contribution in [0, 0.1) is 6.92 Å². The van der Waals surface area contributed by atoms with E-state index in [0.29, 0.717) is 24.4 Å². The van der Waals surface area contributed by atoms with Crippen LogP contribution in [0.1, 0.15) is 29.9 Å². The number of morpholine rings is 1. The predicted molar refractivity (Wildman–Crippen MR) is 72.5 cm³/mol. The standard InChI is InChI=1S/C14H17N3O3/c1-8-7-19-9(2)6-17(8)14(18)11-4-12-10(3)16-20-13(12)15-5-11/h4-5,8-9H,6-7H2,1-3H3/t8-,9+/m0/s1. The number of fused-ring (bicyclic) bond motifs is 1. The van der Waals surface area contributed by atoms with Crippen LogP contribution in [0.2, 0.25) is 0 Å². The molecule has 6 nitrogen and oxygen atoms in total. The Labute approximate surface area is 116 Å². The maximum absolute atomic E-state index is 12.6. The number of rotatable bonds is 1. The Kier molecular flexibility index (Phi) is 3.17. The number of aryl methyl sites for hydroxylation is 1. The summed E-state index contributed by atoms with van der Waals surface area (Å²) in [4.78, 5) is 18.6. The van der Waals surface area contributed by atoms with Crippen LogP contribution < -0.4 is 0 Å². The van der Waals surface area contributed by atoms with Gasteiger partial charge in [-0.2, -0.15) is 0 Å². The Morgan fingerprint density at radius 2 is 2.25 bits per heavy atom. The van der Waals surface area contributed by atoms with E-state index in [1.54, 1.807) is 12.3 Å². The van der Waals surface area contributed by atoms with E-state index >= 15 is 0 Å². The number of amides is 1. The quantitative estimate of drug-likeness (QED) is 0.793. The van der Waals surface area contributed by atoms with E-state index in [-0.39, 0.29) is 18.1 Å². The van der Waals surface area contributed by atoms with Crippen LogP contribution in [-0.2, 0) is 4.74 Å². The normalized spacial score (nSPS) is 23.2. The Hall–Kier alpha value is -1.95. The third-order valence-corrected chi connectivity index (χ3v) is 3.63. The number of ether oxygens (including phenoxy) is 1. The summed E-state index contributed by atoms with van der Waals surface area (Å²) in [6, 6.07) is 1.86. The number of pyridine rings is 1. The average molecular weight is 275 g/mol. The maximum Gasteiger partial charge on any atom is 0.257 e. The number of nitrogens with zero attached hydrogens (tertiary/aromatic N) is 3. The van der Waals surface area contributed by atoms with Gasteiger partial charge in [-0.25, -0.2) is 4.98 Å². The van der Waals surface area contributed by atoms with Gasteiger partial charge in [-0.05, 0) is 26.8 Å². The van der Waals surface area contributed by atoms with Crippen molar-refractivity contribution in [1.29, 1.82) is 0 Å². The van der Waals surface area contributed by atoms with Crippen LogP contribution in [0.5, 0.6) is 0 Å². The van der Waals surface area contributed by atoms with Gasteiger partial charge in [0.2, 0.25) is 0 Å². The lowest BCUT2D eigenvalue weighted by Crippen LogP contribution is -2.50. The van der Waals surface area contributed by atoms with E-state index in [4.69, 9.17) is 9.26 Å². The van der Waals surface area contributed by atoms with Crippen molar-refractivity contribution >= 4 is 17.0 Å². The minimum Gasteiger partial charge on any atom is -0.375 e. The van der Waals surface area contributed by atoms with Gasteiger partial charge in [-0.1, -0.05) is 5.16 Å². The van der Waals surface area contributed by atoms with Gasteiger partial charge in [0.05, 0.1) is 35.4 Å². The number of hydrogen-bond donors (Lipinski definition) is 0. The highest BCUT2D eigenvalue weighted by Crippen LogP contribution is 2.20. The van der Waals surface area contributed by atoms with Crippen LogP contribution in [0.3, 0.4) is 0 Å². The van der Waals surface area contributed by atoms with Gasteiger partial charge in [0.15, 0.2) is 0 Å². The summed E-state index contributed by atoms with van der Waals surface area (Å²) < 4.78 is 10.6. The Bertz CT molecular complexity index is 652. The summed E-state index contributed by atoms with van der Waals surface area (Å²) in [5.74, 6) is -0.0253. The van der Waals surface area contributed by atoms with Crippen LogP contribution >= 0.6 is 0 Å². The zero-order valence-electron chi connectivity index (χ0n) is 11.8. The monoisotopic (exact) mass is 275 g/mol. The summed E-state index contributed by atoms with van der Waals surface area (Å²) in [7, 11) is 0. The first-order valence-corrected chi connectivity index (χ1v) is 6.71. The topological polar surface area (TPSA) is 68.5 Å². The van der Waals surface area contributed by atoms with Gasteiger partial charge < -0.3 is 14.2 Å². The molecule has 0 bridgehead atoms. The zero-order valence-corrected chi connectivity index (χ0v) is 11.8. The van der Waals surface area contributed by atoms with Crippen molar-refractivity contribution in [3.8, 4) is 0 Å². The minimum atomic E-state index is -0.0253. The van der Waals surface area contributed by atoms with Crippen molar-refractivity contribution < 1.29 is 14.1 Å². The summed E-state index contributed by atoms with van der Waals surface area (Å²) in [6.45, 7) is 6.95. The third kappa shape index (κ3) is 2.16.